The Morgan fingerprint density at radius 1 is 1.03 bits per heavy atom. The lowest BCUT2D eigenvalue weighted by Gasteiger charge is -2.17. The van der Waals surface area contributed by atoms with Crippen LogP contribution in [0.15, 0.2) is 36.4 Å². The number of hydrogen-bond donors (Lipinski definition) is 1. The maximum atomic E-state index is 13.2. The summed E-state index contributed by atoms with van der Waals surface area (Å²) >= 11 is 6.01. The summed E-state index contributed by atoms with van der Waals surface area (Å²) in [5, 5.41) is 18.8. The molecule has 1 aromatic heterocycles. The van der Waals surface area contributed by atoms with Crippen LogP contribution in [-0.4, -0.2) is 15.4 Å². The molecule has 30 heavy (non-hydrogen) atoms. The van der Waals surface area contributed by atoms with Gasteiger partial charge >= 0.3 is 12.4 Å². The summed E-state index contributed by atoms with van der Waals surface area (Å²) in [5.74, 6) is -0.974. The molecule has 0 fully saturated rings. The fourth-order valence-electron chi connectivity index (χ4n) is 2.59. The predicted molar refractivity (Wildman–Crippen MR) is 92.3 cm³/mol. The summed E-state index contributed by atoms with van der Waals surface area (Å²) in [7, 11) is 0. The Bertz CT molecular complexity index is 1120. The van der Waals surface area contributed by atoms with Gasteiger partial charge < -0.3 is 4.74 Å². The van der Waals surface area contributed by atoms with E-state index < -0.39 is 35.8 Å². The van der Waals surface area contributed by atoms with Gasteiger partial charge in [0.15, 0.2) is 5.69 Å². The second-order valence-corrected chi connectivity index (χ2v) is 6.43. The fourth-order valence-corrected chi connectivity index (χ4v) is 2.85. The first-order chi connectivity index (χ1) is 14.0. The minimum atomic E-state index is -4.92. The topological polar surface area (TPSA) is 74.6 Å². The molecule has 2 aromatic carbocycles. The van der Waals surface area contributed by atoms with Gasteiger partial charge in [0.25, 0.3) is 0 Å². The van der Waals surface area contributed by atoms with Gasteiger partial charge in [0.05, 0.1) is 11.1 Å². The van der Waals surface area contributed by atoms with Gasteiger partial charge in [0.2, 0.25) is 0 Å². The van der Waals surface area contributed by atoms with E-state index in [1.165, 1.54) is 18.2 Å². The number of nitrogens with one attached hydrogen (secondary N) is 1. The fraction of sp³-hybridized carbons (Fsp3) is 0.167. The van der Waals surface area contributed by atoms with E-state index in [2.05, 4.69) is 15.4 Å². The first-order valence-corrected chi connectivity index (χ1v) is 8.39. The molecule has 0 saturated carbocycles. The van der Waals surface area contributed by atoms with Crippen LogP contribution < -0.4 is 4.74 Å². The van der Waals surface area contributed by atoms with Crippen molar-refractivity contribution in [2.75, 3.05) is 0 Å². The third-order valence-corrected chi connectivity index (χ3v) is 4.12. The minimum Gasteiger partial charge on any atom is -0.488 e. The molecule has 3 aromatic rings. The molecule has 1 heterocycles. The van der Waals surface area contributed by atoms with Crippen molar-refractivity contribution in [3.63, 3.8) is 0 Å². The van der Waals surface area contributed by atoms with Crippen LogP contribution in [0.2, 0.25) is 5.02 Å². The quantitative estimate of drug-likeness (QED) is 0.528. The van der Waals surface area contributed by atoms with Gasteiger partial charge in [-0.1, -0.05) is 16.8 Å². The number of nitrogens with zero attached hydrogens (tertiary/aromatic N) is 3. The molecule has 0 aliphatic carbocycles. The summed E-state index contributed by atoms with van der Waals surface area (Å²) in [6.45, 7) is -0.516. The Kier molecular flexibility index (Phi) is 5.63. The van der Waals surface area contributed by atoms with Gasteiger partial charge in [-0.05, 0) is 42.0 Å². The van der Waals surface area contributed by atoms with Crippen LogP contribution in [0.1, 0.15) is 22.4 Å². The van der Waals surface area contributed by atoms with E-state index in [4.69, 9.17) is 21.6 Å². The smallest absolute Gasteiger partial charge is 0.419 e. The van der Waals surface area contributed by atoms with E-state index in [0.29, 0.717) is 23.8 Å². The third-order valence-electron chi connectivity index (χ3n) is 3.90. The number of ether oxygens (including phenoxy) is 1. The largest absolute Gasteiger partial charge is 0.488 e. The minimum absolute atomic E-state index is 0.0290. The highest BCUT2D eigenvalue weighted by Gasteiger charge is 2.38. The summed E-state index contributed by atoms with van der Waals surface area (Å²) in [5.41, 5.74) is -1.88. The number of alkyl halides is 6. The molecule has 3 rings (SSSR count). The van der Waals surface area contributed by atoms with E-state index in [1.54, 1.807) is 0 Å². The molecule has 0 radical (unpaired) electrons. The molecule has 0 bridgehead atoms. The zero-order chi connectivity index (χ0) is 22.1. The van der Waals surface area contributed by atoms with Gasteiger partial charge in [-0.3, -0.25) is 0 Å². The average Bonchev–Trinajstić information content (AvgIpc) is 3.13. The Morgan fingerprint density at radius 3 is 2.40 bits per heavy atom. The van der Waals surface area contributed by atoms with Gasteiger partial charge in [-0.15, -0.1) is 5.10 Å². The van der Waals surface area contributed by atoms with Crippen LogP contribution in [0.3, 0.4) is 0 Å². The lowest BCUT2D eigenvalue weighted by Crippen LogP contribution is -2.12. The molecule has 0 spiro atoms. The van der Waals surface area contributed by atoms with Crippen LogP contribution in [0.4, 0.5) is 26.3 Å². The van der Waals surface area contributed by atoms with Crippen LogP contribution in [0.25, 0.3) is 11.3 Å². The lowest BCUT2D eigenvalue weighted by atomic mass is 10.1. The lowest BCUT2D eigenvalue weighted by molar-refractivity contribution is -0.142. The third kappa shape index (κ3) is 4.65. The summed E-state index contributed by atoms with van der Waals surface area (Å²) in [4.78, 5) is 0. The van der Waals surface area contributed by atoms with Crippen molar-refractivity contribution in [2.45, 2.75) is 19.0 Å². The summed E-state index contributed by atoms with van der Waals surface area (Å²) in [6, 6.07) is 6.99. The molecule has 156 valence electrons. The highest BCUT2D eigenvalue weighted by atomic mass is 35.5. The average molecular weight is 447 g/mol. The Labute approximate surface area is 169 Å². The molecule has 0 aliphatic heterocycles. The van der Waals surface area contributed by atoms with E-state index >= 15 is 0 Å². The molecule has 12 heteroatoms. The number of hydrogen-bond acceptors (Lipinski definition) is 4. The van der Waals surface area contributed by atoms with E-state index in [0.717, 1.165) is 0 Å². The van der Waals surface area contributed by atoms with Crippen molar-refractivity contribution in [3.8, 4) is 23.1 Å². The zero-order valence-electron chi connectivity index (χ0n) is 14.6. The summed E-state index contributed by atoms with van der Waals surface area (Å²) < 4.78 is 83.3. The number of nitriles is 1. The maximum Gasteiger partial charge on any atom is 0.419 e. The van der Waals surface area contributed by atoms with Gasteiger partial charge in [-0.25, -0.2) is 5.10 Å². The van der Waals surface area contributed by atoms with Gasteiger partial charge in [-0.2, -0.15) is 31.6 Å². The van der Waals surface area contributed by atoms with Crippen LogP contribution in [0, 0.1) is 11.3 Å². The molecular formula is C18H9ClF6N4O. The highest BCUT2D eigenvalue weighted by molar-refractivity contribution is 6.31. The number of aromatic amines is 1. The predicted octanol–water partition coefficient (Wildman–Crippen LogP) is 5.61. The molecule has 5 nitrogen and oxygen atoms in total. The molecular weight excluding hydrogens is 438 g/mol. The Morgan fingerprint density at radius 2 is 1.77 bits per heavy atom. The van der Waals surface area contributed by atoms with Crippen molar-refractivity contribution in [3.05, 3.63) is 63.8 Å². The SMILES string of the molecule is N#Cc1[nH]nnc1-c1cc(Cl)cc(COc2cc(C(F)(F)F)ccc2C(F)(F)F)c1. The second kappa shape index (κ2) is 7.87. The second-order valence-electron chi connectivity index (χ2n) is 5.99. The molecule has 0 unspecified atom stereocenters. The molecule has 0 amide bonds. The first-order valence-electron chi connectivity index (χ1n) is 8.01. The van der Waals surface area contributed by atoms with Crippen LogP contribution in [-0.2, 0) is 19.0 Å². The molecule has 0 aliphatic rings. The molecule has 0 atom stereocenters. The van der Waals surface area contributed by atoms with Gasteiger partial charge in [0, 0.05) is 10.6 Å². The van der Waals surface area contributed by atoms with Crippen molar-refractivity contribution in [1.29, 1.82) is 5.26 Å². The monoisotopic (exact) mass is 446 g/mol. The number of H-pyrrole nitrogens is 1. The van der Waals surface area contributed by atoms with Gasteiger partial charge in [0.1, 0.15) is 24.1 Å². The number of halogens is 7. The molecule has 1 N–H and O–H groups in total. The van der Waals surface area contributed by atoms with E-state index in [9.17, 15) is 26.3 Å². The number of rotatable bonds is 4. The first kappa shape index (κ1) is 21.4. The Balaban J connectivity index is 1.94. The highest BCUT2D eigenvalue weighted by Crippen LogP contribution is 2.40. The molecule has 0 saturated heterocycles. The van der Waals surface area contributed by atoms with Crippen molar-refractivity contribution >= 4 is 11.6 Å². The van der Waals surface area contributed by atoms with Crippen molar-refractivity contribution < 1.29 is 31.1 Å². The zero-order valence-corrected chi connectivity index (χ0v) is 15.3. The number of aromatic nitrogens is 3. The maximum absolute atomic E-state index is 13.2. The van der Waals surface area contributed by atoms with E-state index in [1.807, 2.05) is 6.07 Å². The number of benzene rings is 2. The van der Waals surface area contributed by atoms with Crippen molar-refractivity contribution in [2.24, 2.45) is 0 Å². The van der Waals surface area contributed by atoms with Crippen molar-refractivity contribution in [1.82, 2.24) is 15.4 Å². The summed E-state index contributed by atoms with van der Waals surface area (Å²) in [6.07, 6.45) is -9.76. The van der Waals surface area contributed by atoms with Crippen LogP contribution in [0.5, 0.6) is 5.75 Å². The van der Waals surface area contributed by atoms with E-state index in [-0.39, 0.29) is 22.0 Å². The standard InChI is InChI=1S/C18H9ClF6N4O/c19-12-4-9(3-10(5-12)16-14(7-26)27-29-28-16)8-30-15-6-11(17(20,21)22)1-2-13(15)18(23,24)25/h1-6H,8H2,(H,27,28,29). The normalized spacial score (nSPS) is 11.9. The Hall–Kier alpha value is -3.26. The van der Waals surface area contributed by atoms with Crippen LogP contribution >= 0.6 is 11.6 Å².